The molecule has 0 spiro atoms. The van der Waals surface area contributed by atoms with Crippen molar-refractivity contribution in [2.75, 3.05) is 4.90 Å². The Hall–Kier alpha value is -1.49. The molecule has 1 aromatic rings. The number of Topliss-reactive ketones (excluding diaryl/α,β-unsaturated/α-hetero) is 1. The van der Waals surface area contributed by atoms with Crippen LogP contribution in [0.2, 0.25) is 0 Å². The Morgan fingerprint density at radius 2 is 1.86 bits per heavy atom. The molecule has 2 amide bonds. The molecule has 1 heterocycles. The molecule has 1 aromatic carbocycles. The molecule has 4 atom stereocenters. The minimum atomic E-state index is -0.410. The number of aryl methyl sites for hydroxylation is 1. The summed E-state index contributed by atoms with van der Waals surface area (Å²) in [6.07, 6.45) is 1.19. The number of halogens is 1. The molecule has 0 aromatic heterocycles. The Kier molecular flexibility index (Phi) is 2.67. The third-order valence-electron chi connectivity index (χ3n) is 5.17. The zero-order valence-corrected chi connectivity index (χ0v) is 13.1. The van der Waals surface area contributed by atoms with Crippen molar-refractivity contribution in [1.82, 2.24) is 0 Å². The van der Waals surface area contributed by atoms with E-state index in [-0.39, 0.29) is 35.4 Å². The second kappa shape index (κ2) is 4.26. The fourth-order valence-corrected chi connectivity index (χ4v) is 4.47. The van der Waals surface area contributed by atoms with Crippen LogP contribution < -0.4 is 4.90 Å². The molecule has 1 saturated heterocycles. The molecule has 21 heavy (non-hydrogen) atoms. The smallest absolute Gasteiger partial charge is 0.238 e. The first-order chi connectivity index (χ1) is 9.99. The Morgan fingerprint density at radius 1 is 1.14 bits per heavy atom. The largest absolute Gasteiger partial charge is 0.299 e. The van der Waals surface area contributed by atoms with Crippen molar-refractivity contribution >= 4 is 39.2 Å². The van der Waals surface area contributed by atoms with E-state index in [9.17, 15) is 14.4 Å². The van der Waals surface area contributed by atoms with Gasteiger partial charge in [0, 0.05) is 16.8 Å². The van der Waals surface area contributed by atoms with Crippen molar-refractivity contribution in [2.45, 2.75) is 19.8 Å². The van der Waals surface area contributed by atoms with Gasteiger partial charge in [0.15, 0.2) is 0 Å². The number of carbonyl (C=O) groups is 3. The fraction of sp³-hybridized carbons (Fsp3) is 0.438. The first-order valence-electron chi connectivity index (χ1n) is 7.15. The third-order valence-corrected chi connectivity index (χ3v) is 6.06. The molecule has 3 fully saturated rings. The van der Waals surface area contributed by atoms with Crippen molar-refractivity contribution in [1.29, 1.82) is 0 Å². The summed E-state index contributed by atoms with van der Waals surface area (Å²) >= 11 is 3.42. The van der Waals surface area contributed by atoms with Crippen LogP contribution >= 0.6 is 15.9 Å². The molecule has 108 valence electrons. The third kappa shape index (κ3) is 1.64. The van der Waals surface area contributed by atoms with Gasteiger partial charge >= 0.3 is 0 Å². The van der Waals surface area contributed by atoms with E-state index in [2.05, 4.69) is 15.9 Å². The standard InChI is InChI=1S/C16H14BrNO3/c1-7-4-9(2-3-11(7)17)18-15(20)13-8-5-10(12(19)6-8)14(13)16(18)21/h2-4,8,10,13-14H,5-6H2,1H3/t8-,10+,13+,14-/m0/s1/i15+1. The maximum absolute atomic E-state index is 12.7. The minimum absolute atomic E-state index is 0.0745. The molecule has 0 unspecified atom stereocenters. The van der Waals surface area contributed by atoms with Gasteiger partial charge in [-0.25, -0.2) is 0 Å². The summed E-state index contributed by atoms with van der Waals surface area (Å²) in [4.78, 5) is 38.5. The highest BCUT2D eigenvalue weighted by Gasteiger charge is 2.64. The van der Waals surface area contributed by atoms with E-state index in [0.717, 1.165) is 16.5 Å². The number of nitrogens with zero attached hydrogens (tertiary/aromatic N) is 1. The van der Waals surface area contributed by atoms with Crippen molar-refractivity contribution in [3.63, 3.8) is 0 Å². The lowest BCUT2D eigenvalue weighted by atomic mass is 9.83. The average molecular weight is 349 g/mol. The number of imide groups is 1. The van der Waals surface area contributed by atoms with Gasteiger partial charge < -0.3 is 0 Å². The first kappa shape index (κ1) is 13.2. The summed E-state index contributed by atoms with van der Waals surface area (Å²) in [5, 5.41) is 0. The van der Waals surface area contributed by atoms with Crippen molar-refractivity contribution in [3.05, 3.63) is 28.2 Å². The highest BCUT2D eigenvalue weighted by Crippen LogP contribution is 2.55. The Labute approximate surface area is 130 Å². The van der Waals surface area contributed by atoms with Crippen molar-refractivity contribution < 1.29 is 14.4 Å². The quantitative estimate of drug-likeness (QED) is 0.578. The summed E-state index contributed by atoms with van der Waals surface area (Å²) in [5.74, 6) is -0.976. The van der Waals surface area contributed by atoms with E-state index in [1.165, 1.54) is 4.90 Å². The van der Waals surface area contributed by atoms with E-state index in [1.54, 1.807) is 6.07 Å². The molecule has 2 bridgehead atoms. The number of rotatable bonds is 1. The minimum Gasteiger partial charge on any atom is -0.299 e. The number of hydrogen-bond donors (Lipinski definition) is 0. The second-order valence-electron chi connectivity index (χ2n) is 6.27. The van der Waals surface area contributed by atoms with Gasteiger partial charge in [0.05, 0.1) is 17.5 Å². The molecular weight excluding hydrogens is 335 g/mol. The molecule has 0 radical (unpaired) electrons. The van der Waals surface area contributed by atoms with Crippen LogP contribution in [0.25, 0.3) is 0 Å². The van der Waals surface area contributed by atoms with Crippen LogP contribution in [0.4, 0.5) is 5.69 Å². The maximum Gasteiger partial charge on any atom is 0.238 e. The molecule has 5 heteroatoms. The van der Waals surface area contributed by atoms with Crippen LogP contribution in [0.1, 0.15) is 18.4 Å². The van der Waals surface area contributed by atoms with Crippen LogP contribution in [-0.2, 0) is 14.4 Å². The molecule has 4 rings (SSSR count). The predicted molar refractivity (Wildman–Crippen MR) is 79.6 cm³/mol. The number of anilines is 1. The van der Waals surface area contributed by atoms with Crippen LogP contribution in [0.15, 0.2) is 22.7 Å². The van der Waals surface area contributed by atoms with Crippen molar-refractivity contribution in [2.24, 2.45) is 23.7 Å². The normalized spacial score (nSPS) is 34.0. The Balaban J connectivity index is 1.75. The fourth-order valence-electron chi connectivity index (χ4n) is 4.22. The zero-order chi connectivity index (χ0) is 14.9. The lowest BCUT2D eigenvalue weighted by Crippen LogP contribution is -2.33. The van der Waals surface area contributed by atoms with Crippen LogP contribution in [-0.4, -0.2) is 17.6 Å². The van der Waals surface area contributed by atoms with Gasteiger partial charge in [0.1, 0.15) is 5.78 Å². The van der Waals surface area contributed by atoms with Crippen molar-refractivity contribution in [3.8, 4) is 0 Å². The summed E-state index contributed by atoms with van der Waals surface area (Å²) in [5.41, 5.74) is 1.59. The van der Waals surface area contributed by atoms with Gasteiger partial charge in [-0.2, -0.15) is 0 Å². The van der Waals surface area contributed by atoms with Gasteiger partial charge in [-0.3, -0.25) is 19.3 Å². The summed E-state index contributed by atoms with van der Waals surface area (Å²) in [6, 6.07) is 5.46. The van der Waals surface area contributed by atoms with Gasteiger partial charge in [-0.05, 0) is 43.0 Å². The molecule has 2 saturated carbocycles. The van der Waals surface area contributed by atoms with Gasteiger partial charge in [0.2, 0.25) is 11.8 Å². The van der Waals surface area contributed by atoms with E-state index < -0.39 is 5.92 Å². The van der Waals surface area contributed by atoms with Gasteiger partial charge in [-0.1, -0.05) is 15.9 Å². The first-order valence-corrected chi connectivity index (χ1v) is 7.95. The number of carbonyl (C=O) groups excluding carboxylic acids is 3. The Bertz CT molecular complexity index is 699. The molecule has 4 nitrogen and oxygen atoms in total. The molecule has 2 aliphatic carbocycles. The van der Waals surface area contributed by atoms with E-state index in [0.29, 0.717) is 12.1 Å². The molecule has 3 aliphatic rings. The SMILES string of the molecule is Cc1cc(N2C(=O)[C@@H]3[C@@H]([C@@H]4CC(=O)[C@H]3C4)[13C]2=O)ccc1Br. The zero-order valence-electron chi connectivity index (χ0n) is 11.5. The molecule has 1 aliphatic heterocycles. The molecule has 0 N–H and O–H groups in total. The number of benzene rings is 1. The number of fused-ring (bicyclic) bond motifs is 5. The summed E-state index contributed by atoms with van der Waals surface area (Å²) in [7, 11) is 0. The van der Waals surface area contributed by atoms with E-state index in [1.807, 2.05) is 19.1 Å². The van der Waals surface area contributed by atoms with Crippen LogP contribution in [0.3, 0.4) is 0 Å². The second-order valence-corrected chi connectivity index (χ2v) is 7.12. The maximum atomic E-state index is 12.7. The number of amides is 2. The van der Waals surface area contributed by atoms with Gasteiger partial charge in [-0.15, -0.1) is 0 Å². The predicted octanol–water partition coefficient (Wildman–Crippen LogP) is 2.47. The summed E-state index contributed by atoms with van der Waals surface area (Å²) < 4.78 is 0.945. The Morgan fingerprint density at radius 3 is 2.57 bits per heavy atom. The monoisotopic (exact) mass is 348 g/mol. The lowest BCUT2D eigenvalue weighted by molar-refractivity contribution is -0.131. The lowest BCUT2D eigenvalue weighted by Gasteiger charge is -2.18. The van der Waals surface area contributed by atoms with Crippen LogP contribution in [0.5, 0.6) is 0 Å². The highest BCUT2D eigenvalue weighted by atomic mass is 79.9. The average Bonchev–Trinajstić information content (AvgIpc) is 3.05. The van der Waals surface area contributed by atoms with Gasteiger partial charge in [0.25, 0.3) is 0 Å². The summed E-state index contributed by atoms with van der Waals surface area (Å²) in [6.45, 7) is 1.92. The van der Waals surface area contributed by atoms with E-state index >= 15 is 0 Å². The number of ketones is 1. The van der Waals surface area contributed by atoms with Crippen LogP contribution in [0, 0.1) is 30.6 Å². The molecular formula is C16H14BrNO3. The topological polar surface area (TPSA) is 54.5 Å². The highest BCUT2D eigenvalue weighted by molar-refractivity contribution is 9.10. The number of hydrogen-bond acceptors (Lipinski definition) is 3. The van der Waals surface area contributed by atoms with E-state index in [4.69, 9.17) is 0 Å².